The highest BCUT2D eigenvalue weighted by Crippen LogP contribution is 2.37. The van der Waals surface area contributed by atoms with Crippen molar-refractivity contribution in [2.45, 2.75) is 18.4 Å². The SMILES string of the molecule is NCC(=O)NCC(=O)NC1(c2ccccc2)Cc2ccccc2C1.O=C(O)C=CC(=O)O. The van der Waals surface area contributed by atoms with Gasteiger partial charge in [0.2, 0.25) is 11.8 Å². The molecule has 0 saturated heterocycles. The maximum atomic E-state index is 12.4. The van der Waals surface area contributed by atoms with Crippen molar-refractivity contribution < 1.29 is 29.4 Å². The molecule has 6 N–H and O–H groups in total. The van der Waals surface area contributed by atoms with Crippen LogP contribution in [-0.4, -0.2) is 47.1 Å². The molecule has 0 aromatic heterocycles. The number of rotatable bonds is 7. The minimum Gasteiger partial charge on any atom is -0.478 e. The normalized spacial score (nSPS) is 13.4. The summed E-state index contributed by atoms with van der Waals surface area (Å²) in [5.41, 5.74) is 8.33. The molecule has 0 atom stereocenters. The highest BCUT2D eigenvalue weighted by molar-refractivity contribution is 5.89. The Hall–Kier alpha value is -3.98. The maximum Gasteiger partial charge on any atom is 0.328 e. The van der Waals surface area contributed by atoms with Gasteiger partial charge in [-0.25, -0.2) is 9.59 Å². The molecule has 0 unspecified atom stereocenters. The molecule has 0 radical (unpaired) electrons. The van der Waals surface area contributed by atoms with Crippen LogP contribution >= 0.6 is 0 Å². The molecule has 9 nitrogen and oxygen atoms in total. The molecule has 0 spiro atoms. The Bertz CT molecular complexity index is 963. The summed E-state index contributed by atoms with van der Waals surface area (Å²) in [6.07, 6.45) is 2.60. The first-order chi connectivity index (χ1) is 15.3. The molecule has 0 heterocycles. The van der Waals surface area contributed by atoms with Crippen LogP contribution in [0.15, 0.2) is 66.7 Å². The number of aliphatic carboxylic acids is 2. The highest BCUT2D eigenvalue weighted by atomic mass is 16.4. The molecular formula is C23H25N3O6. The fourth-order valence-electron chi connectivity index (χ4n) is 3.44. The fraction of sp³-hybridized carbons (Fsp3) is 0.217. The van der Waals surface area contributed by atoms with Gasteiger partial charge in [0.1, 0.15) is 0 Å². The predicted molar refractivity (Wildman–Crippen MR) is 117 cm³/mol. The van der Waals surface area contributed by atoms with Gasteiger partial charge in [0.25, 0.3) is 0 Å². The van der Waals surface area contributed by atoms with E-state index in [0.717, 1.165) is 18.4 Å². The smallest absolute Gasteiger partial charge is 0.328 e. The van der Waals surface area contributed by atoms with E-state index >= 15 is 0 Å². The Morgan fingerprint density at radius 2 is 1.34 bits per heavy atom. The van der Waals surface area contributed by atoms with Gasteiger partial charge in [0.15, 0.2) is 0 Å². The average molecular weight is 439 g/mol. The lowest BCUT2D eigenvalue weighted by molar-refractivity contribution is -0.134. The summed E-state index contributed by atoms with van der Waals surface area (Å²) < 4.78 is 0. The molecule has 2 aromatic carbocycles. The van der Waals surface area contributed by atoms with Crippen molar-refractivity contribution in [1.29, 1.82) is 0 Å². The third kappa shape index (κ3) is 7.06. The number of nitrogens with two attached hydrogens (primary N) is 1. The van der Waals surface area contributed by atoms with Crippen LogP contribution in [0.2, 0.25) is 0 Å². The number of nitrogens with one attached hydrogen (secondary N) is 2. The Morgan fingerprint density at radius 3 is 1.81 bits per heavy atom. The standard InChI is InChI=1S/C19H21N3O2.C4H4O4/c20-12-17(23)21-13-18(24)22-19(16-8-2-1-3-9-16)10-14-6-4-5-7-15(14)11-19;5-3(6)1-2-4(7)8/h1-9H,10-13,20H2,(H,21,23)(H,22,24);1-2H,(H,5,6)(H,7,8). The van der Waals surface area contributed by atoms with Gasteiger partial charge in [-0.3, -0.25) is 9.59 Å². The highest BCUT2D eigenvalue weighted by Gasteiger charge is 2.39. The van der Waals surface area contributed by atoms with E-state index in [0.29, 0.717) is 12.2 Å². The van der Waals surface area contributed by atoms with Crippen molar-refractivity contribution >= 4 is 23.8 Å². The minimum atomic E-state index is -1.26. The molecule has 3 rings (SSSR count). The summed E-state index contributed by atoms with van der Waals surface area (Å²) in [6, 6.07) is 18.2. The number of fused-ring (bicyclic) bond motifs is 1. The van der Waals surface area contributed by atoms with Gasteiger partial charge in [-0.1, -0.05) is 54.6 Å². The second-order valence-corrected chi connectivity index (χ2v) is 7.11. The van der Waals surface area contributed by atoms with Crippen LogP contribution in [0.4, 0.5) is 0 Å². The van der Waals surface area contributed by atoms with E-state index in [2.05, 4.69) is 22.8 Å². The quantitative estimate of drug-likeness (QED) is 0.395. The van der Waals surface area contributed by atoms with Gasteiger partial charge >= 0.3 is 11.9 Å². The minimum absolute atomic E-state index is 0.0685. The van der Waals surface area contributed by atoms with Crippen LogP contribution < -0.4 is 16.4 Å². The molecule has 2 amide bonds. The largest absolute Gasteiger partial charge is 0.478 e. The van der Waals surface area contributed by atoms with Crippen LogP contribution in [0.3, 0.4) is 0 Å². The zero-order valence-corrected chi connectivity index (χ0v) is 17.3. The first-order valence-corrected chi connectivity index (χ1v) is 9.80. The summed E-state index contributed by atoms with van der Waals surface area (Å²) in [4.78, 5) is 42.8. The number of amides is 2. The molecule has 1 aliphatic carbocycles. The number of carbonyl (C=O) groups excluding carboxylic acids is 2. The molecule has 168 valence electrons. The molecule has 9 heteroatoms. The zero-order chi connectivity index (χ0) is 23.6. The Labute approximate surface area is 184 Å². The molecule has 0 saturated carbocycles. The average Bonchev–Trinajstić information content (AvgIpc) is 3.16. The topological polar surface area (TPSA) is 159 Å². The van der Waals surface area contributed by atoms with Crippen molar-refractivity contribution in [2.24, 2.45) is 5.73 Å². The third-order valence-corrected chi connectivity index (χ3v) is 4.81. The van der Waals surface area contributed by atoms with E-state index in [1.807, 2.05) is 42.5 Å². The van der Waals surface area contributed by atoms with Gasteiger partial charge in [0, 0.05) is 25.0 Å². The molecule has 0 bridgehead atoms. The number of hydrogen-bond donors (Lipinski definition) is 5. The van der Waals surface area contributed by atoms with Crippen molar-refractivity contribution in [3.8, 4) is 0 Å². The van der Waals surface area contributed by atoms with E-state index in [1.54, 1.807) is 0 Å². The van der Waals surface area contributed by atoms with Crippen LogP contribution in [0, 0.1) is 0 Å². The fourth-order valence-corrected chi connectivity index (χ4v) is 3.44. The first kappa shape index (κ1) is 24.3. The van der Waals surface area contributed by atoms with Crippen molar-refractivity contribution in [3.05, 3.63) is 83.4 Å². The van der Waals surface area contributed by atoms with Gasteiger partial charge in [0.05, 0.1) is 18.6 Å². The van der Waals surface area contributed by atoms with Crippen LogP contribution in [-0.2, 0) is 37.6 Å². The van der Waals surface area contributed by atoms with Crippen molar-refractivity contribution in [2.75, 3.05) is 13.1 Å². The molecule has 2 aromatic rings. The number of carboxylic acids is 2. The molecule has 1 aliphatic rings. The Balaban J connectivity index is 0.000000390. The number of hydrogen-bond acceptors (Lipinski definition) is 5. The van der Waals surface area contributed by atoms with Crippen LogP contribution in [0.25, 0.3) is 0 Å². The van der Waals surface area contributed by atoms with Crippen LogP contribution in [0.5, 0.6) is 0 Å². The monoisotopic (exact) mass is 439 g/mol. The van der Waals surface area contributed by atoms with Crippen molar-refractivity contribution in [3.63, 3.8) is 0 Å². The predicted octanol–water partition coefficient (Wildman–Crippen LogP) is 0.584. The third-order valence-electron chi connectivity index (χ3n) is 4.81. The molecule has 32 heavy (non-hydrogen) atoms. The summed E-state index contributed by atoms with van der Waals surface area (Å²) in [5, 5.41) is 21.3. The molecule has 0 fully saturated rings. The lowest BCUT2D eigenvalue weighted by Gasteiger charge is -2.31. The molecular weight excluding hydrogens is 414 g/mol. The second-order valence-electron chi connectivity index (χ2n) is 7.11. The van der Waals surface area contributed by atoms with E-state index in [1.165, 1.54) is 11.1 Å². The van der Waals surface area contributed by atoms with E-state index < -0.39 is 17.5 Å². The summed E-state index contributed by atoms with van der Waals surface area (Å²) in [7, 11) is 0. The van der Waals surface area contributed by atoms with Gasteiger partial charge in [-0.05, 0) is 16.7 Å². The maximum absolute atomic E-state index is 12.4. The Kier molecular flexibility index (Phi) is 8.67. The zero-order valence-electron chi connectivity index (χ0n) is 17.3. The number of benzene rings is 2. The molecule has 0 aliphatic heterocycles. The first-order valence-electron chi connectivity index (χ1n) is 9.80. The summed E-state index contributed by atoms with van der Waals surface area (Å²) in [5.74, 6) is -3.07. The lowest BCUT2D eigenvalue weighted by Crippen LogP contribution is -2.50. The van der Waals surface area contributed by atoms with Crippen molar-refractivity contribution in [1.82, 2.24) is 10.6 Å². The Morgan fingerprint density at radius 1 is 0.844 bits per heavy atom. The van der Waals surface area contributed by atoms with Gasteiger partial charge in [-0.2, -0.15) is 0 Å². The van der Waals surface area contributed by atoms with Crippen LogP contribution in [0.1, 0.15) is 16.7 Å². The van der Waals surface area contributed by atoms with E-state index in [-0.39, 0.29) is 24.9 Å². The lowest BCUT2D eigenvalue weighted by atomic mass is 9.86. The summed E-state index contributed by atoms with van der Waals surface area (Å²) >= 11 is 0. The van der Waals surface area contributed by atoms with Gasteiger partial charge < -0.3 is 26.6 Å². The second kappa shape index (κ2) is 11.4. The summed E-state index contributed by atoms with van der Waals surface area (Å²) in [6.45, 7) is -0.191. The van der Waals surface area contributed by atoms with Gasteiger partial charge in [-0.15, -0.1) is 0 Å². The number of carbonyl (C=O) groups is 4. The van der Waals surface area contributed by atoms with E-state index in [9.17, 15) is 19.2 Å². The van der Waals surface area contributed by atoms with E-state index in [4.69, 9.17) is 15.9 Å². The number of carboxylic acid groups (broad SMARTS) is 2.